The van der Waals surface area contributed by atoms with Gasteiger partial charge in [-0.15, -0.1) is 0 Å². The van der Waals surface area contributed by atoms with Crippen LogP contribution in [0, 0.1) is 11.3 Å². The number of rotatable bonds is 0. The van der Waals surface area contributed by atoms with Crippen molar-refractivity contribution in [2.75, 3.05) is 0 Å². The number of nitriles is 1. The fraction of sp³-hybridized carbons (Fsp3) is 0.444. The topological polar surface area (TPSA) is 23.8 Å². The standard InChI is InChI=1S/C9H11N/c1-8(7-10)9-5-3-2-4-6-9/h3,5H,2,4,6H2,1H3/b9-8-. The van der Waals surface area contributed by atoms with Crippen LogP contribution in [-0.2, 0) is 0 Å². The summed E-state index contributed by atoms with van der Waals surface area (Å²) in [6.07, 6.45) is 7.66. The molecule has 52 valence electrons. The van der Waals surface area contributed by atoms with E-state index in [0.717, 1.165) is 12.0 Å². The van der Waals surface area contributed by atoms with Gasteiger partial charge in [-0.2, -0.15) is 5.26 Å². The largest absolute Gasteiger partial charge is 0.193 e. The first-order valence-electron chi connectivity index (χ1n) is 3.61. The van der Waals surface area contributed by atoms with Gasteiger partial charge in [0.2, 0.25) is 0 Å². The Morgan fingerprint density at radius 3 is 3.00 bits per heavy atom. The molecule has 1 aliphatic carbocycles. The van der Waals surface area contributed by atoms with Crippen molar-refractivity contribution in [3.63, 3.8) is 0 Å². The van der Waals surface area contributed by atoms with Gasteiger partial charge in [0.25, 0.3) is 0 Å². The molecule has 1 nitrogen and oxygen atoms in total. The van der Waals surface area contributed by atoms with Crippen molar-refractivity contribution in [2.45, 2.75) is 26.2 Å². The maximum atomic E-state index is 8.55. The highest BCUT2D eigenvalue weighted by Crippen LogP contribution is 2.18. The third-order valence-electron chi connectivity index (χ3n) is 1.79. The summed E-state index contributed by atoms with van der Waals surface area (Å²) in [5.41, 5.74) is 2.09. The van der Waals surface area contributed by atoms with Gasteiger partial charge in [0.1, 0.15) is 0 Å². The van der Waals surface area contributed by atoms with E-state index in [0.29, 0.717) is 0 Å². The van der Waals surface area contributed by atoms with Crippen LogP contribution < -0.4 is 0 Å². The van der Waals surface area contributed by atoms with Crippen molar-refractivity contribution in [3.05, 3.63) is 23.3 Å². The lowest BCUT2D eigenvalue weighted by Crippen LogP contribution is -1.89. The minimum atomic E-state index is 0.871. The second kappa shape index (κ2) is 3.22. The Bertz CT molecular complexity index is 215. The van der Waals surface area contributed by atoms with Gasteiger partial charge in [0, 0.05) is 5.57 Å². The first kappa shape index (κ1) is 7.08. The van der Waals surface area contributed by atoms with E-state index in [-0.39, 0.29) is 0 Å². The molecule has 0 saturated carbocycles. The van der Waals surface area contributed by atoms with E-state index in [2.05, 4.69) is 18.2 Å². The molecule has 0 heterocycles. The van der Waals surface area contributed by atoms with E-state index < -0.39 is 0 Å². The molecule has 1 heteroatoms. The third kappa shape index (κ3) is 1.48. The van der Waals surface area contributed by atoms with E-state index in [9.17, 15) is 0 Å². The monoisotopic (exact) mass is 133 g/mol. The SMILES string of the molecule is C/C(C#N)=C1\C=CCCC1. The second-order valence-corrected chi connectivity index (χ2v) is 2.56. The molecule has 0 aromatic carbocycles. The maximum Gasteiger partial charge on any atom is 0.0946 e. The zero-order valence-corrected chi connectivity index (χ0v) is 6.22. The summed E-state index contributed by atoms with van der Waals surface area (Å²) in [5, 5.41) is 8.55. The first-order chi connectivity index (χ1) is 4.84. The molecular formula is C9H11N. The lowest BCUT2D eigenvalue weighted by molar-refractivity contribution is 0.816. The normalized spacial score (nSPS) is 22.0. The van der Waals surface area contributed by atoms with Crippen molar-refractivity contribution in [1.29, 1.82) is 5.26 Å². The van der Waals surface area contributed by atoms with Crippen LogP contribution in [0.25, 0.3) is 0 Å². The van der Waals surface area contributed by atoms with Crippen molar-refractivity contribution < 1.29 is 0 Å². The van der Waals surface area contributed by atoms with Crippen molar-refractivity contribution >= 4 is 0 Å². The molecule has 0 radical (unpaired) electrons. The van der Waals surface area contributed by atoms with Gasteiger partial charge < -0.3 is 0 Å². The van der Waals surface area contributed by atoms with E-state index in [1.807, 2.05) is 6.92 Å². The molecule has 0 unspecified atom stereocenters. The zero-order chi connectivity index (χ0) is 7.40. The van der Waals surface area contributed by atoms with Crippen molar-refractivity contribution in [2.24, 2.45) is 0 Å². The lowest BCUT2D eigenvalue weighted by Gasteiger charge is -2.06. The number of hydrogen-bond acceptors (Lipinski definition) is 1. The Balaban J connectivity index is 2.82. The summed E-state index contributed by atoms with van der Waals surface area (Å²) in [5.74, 6) is 0. The summed E-state index contributed by atoms with van der Waals surface area (Å²) < 4.78 is 0. The molecule has 0 fully saturated rings. The van der Waals surface area contributed by atoms with E-state index >= 15 is 0 Å². The minimum absolute atomic E-state index is 0.871. The Morgan fingerprint density at radius 2 is 2.50 bits per heavy atom. The first-order valence-corrected chi connectivity index (χ1v) is 3.61. The quantitative estimate of drug-likeness (QED) is 0.466. The average molecular weight is 133 g/mol. The zero-order valence-electron chi connectivity index (χ0n) is 6.22. The van der Waals surface area contributed by atoms with Crippen LogP contribution in [0.1, 0.15) is 26.2 Å². The fourth-order valence-corrected chi connectivity index (χ4v) is 1.10. The Morgan fingerprint density at radius 1 is 1.70 bits per heavy atom. The van der Waals surface area contributed by atoms with Crippen LogP contribution in [0.4, 0.5) is 0 Å². The van der Waals surface area contributed by atoms with Crippen molar-refractivity contribution in [1.82, 2.24) is 0 Å². The number of allylic oxidation sites excluding steroid dienone is 4. The molecule has 1 rings (SSSR count). The average Bonchev–Trinajstić information content (AvgIpc) is 2.05. The second-order valence-electron chi connectivity index (χ2n) is 2.56. The van der Waals surface area contributed by atoms with Crippen LogP contribution >= 0.6 is 0 Å². The maximum absolute atomic E-state index is 8.55. The summed E-state index contributed by atoms with van der Waals surface area (Å²) in [6, 6.07) is 2.16. The number of hydrogen-bond donors (Lipinski definition) is 0. The molecule has 0 aromatic heterocycles. The van der Waals surface area contributed by atoms with Gasteiger partial charge in [0.05, 0.1) is 6.07 Å². The summed E-state index contributed by atoms with van der Waals surface area (Å²) in [7, 11) is 0. The summed E-state index contributed by atoms with van der Waals surface area (Å²) >= 11 is 0. The van der Waals surface area contributed by atoms with E-state index in [1.165, 1.54) is 18.4 Å². The molecule has 0 atom stereocenters. The van der Waals surface area contributed by atoms with Crippen LogP contribution in [0.2, 0.25) is 0 Å². The molecule has 0 saturated heterocycles. The minimum Gasteiger partial charge on any atom is -0.193 e. The van der Waals surface area contributed by atoms with Crippen LogP contribution in [0.5, 0.6) is 0 Å². The van der Waals surface area contributed by atoms with Gasteiger partial charge in [0.15, 0.2) is 0 Å². The van der Waals surface area contributed by atoms with Gasteiger partial charge in [-0.05, 0) is 31.8 Å². The Kier molecular flexibility index (Phi) is 2.28. The highest BCUT2D eigenvalue weighted by Gasteiger charge is 2.01. The van der Waals surface area contributed by atoms with Crippen LogP contribution in [-0.4, -0.2) is 0 Å². The summed E-state index contributed by atoms with van der Waals surface area (Å²) in [6.45, 7) is 1.88. The molecule has 0 amide bonds. The van der Waals surface area contributed by atoms with Gasteiger partial charge in [-0.3, -0.25) is 0 Å². The molecule has 0 N–H and O–H groups in total. The van der Waals surface area contributed by atoms with Gasteiger partial charge >= 0.3 is 0 Å². The molecular weight excluding hydrogens is 122 g/mol. The molecule has 0 aliphatic heterocycles. The molecule has 0 aromatic rings. The summed E-state index contributed by atoms with van der Waals surface area (Å²) in [4.78, 5) is 0. The molecule has 0 bridgehead atoms. The fourth-order valence-electron chi connectivity index (χ4n) is 1.10. The Hall–Kier alpha value is -1.03. The van der Waals surface area contributed by atoms with E-state index in [4.69, 9.17) is 5.26 Å². The predicted octanol–water partition coefficient (Wildman–Crippen LogP) is 2.57. The van der Waals surface area contributed by atoms with E-state index in [1.54, 1.807) is 0 Å². The van der Waals surface area contributed by atoms with Gasteiger partial charge in [-0.25, -0.2) is 0 Å². The lowest BCUT2D eigenvalue weighted by atomic mass is 9.98. The number of nitrogens with zero attached hydrogens (tertiary/aromatic N) is 1. The highest BCUT2D eigenvalue weighted by atomic mass is 14.2. The highest BCUT2D eigenvalue weighted by molar-refractivity contribution is 5.34. The smallest absolute Gasteiger partial charge is 0.0946 e. The van der Waals surface area contributed by atoms with Crippen molar-refractivity contribution in [3.8, 4) is 6.07 Å². The molecule has 0 spiro atoms. The van der Waals surface area contributed by atoms with Gasteiger partial charge in [-0.1, -0.05) is 12.2 Å². The Labute approximate surface area is 61.7 Å². The third-order valence-corrected chi connectivity index (χ3v) is 1.79. The molecule has 10 heavy (non-hydrogen) atoms. The van der Waals surface area contributed by atoms with Crippen LogP contribution in [0.15, 0.2) is 23.3 Å². The van der Waals surface area contributed by atoms with Crippen LogP contribution in [0.3, 0.4) is 0 Å². The predicted molar refractivity (Wildman–Crippen MR) is 41.3 cm³/mol. The molecule has 1 aliphatic rings.